The molecule has 0 aliphatic heterocycles. The molecule has 0 radical (unpaired) electrons. The van der Waals surface area contributed by atoms with Crippen LogP contribution in [0.4, 0.5) is 0 Å². The number of halogens is 1. The Morgan fingerprint density at radius 2 is 1.96 bits per heavy atom. The van der Waals surface area contributed by atoms with Crippen LogP contribution in [0.1, 0.15) is 35.3 Å². The van der Waals surface area contributed by atoms with Gasteiger partial charge in [0.1, 0.15) is 5.75 Å². The molecule has 28 heavy (non-hydrogen) atoms. The van der Waals surface area contributed by atoms with Gasteiger partial charge >= 0.3 is 5.97 Å². The maximum absolute atomic E-state index is 12.3. The summed E-state index contributed by atoms with van der Waals surface area (Å²) in [5, 5.41) is 3.98. The molecular formula is C20H21BrN2O5. The Bertz CT molecular complexity index is 912. The standard InChI is InChI=1S/C20H21BrN2O5/c1-5-27-18-10-14(9-16(21)19(18)28-13(3)24)11-22-23-20(25)15-7-6-12(2)8-17(15)26-4/h6-11H,5H2,1-4H3,(H,23,25)/b22-11-. The minimum atomic E-state index is -0.456. The van der Waals surface area contributed by atoms with Gasteiger partial charge in [0.15, 0.2) is 11.5 Å². The number of nitrogens with zero attached hydrogens (tertiary/aromatic N) is 1. The first-order chi connectivity index (χ1) is 13.3. The molecule has 0 atom stereocenters. The van der Waals surface area contributed by atoms with Gasteiger partial charge in [-0.3, -0.25) is 9.59 Å². The number of methoxy groups -OCH3 is 1. The number of ether oxygens (including phenoxy) is 3. The van der Waals surface area contributed by atoms with Crippen LogP contribution < -0.4 is 19.6 Å². The summed E-state index contributed by atoms with van der Waals surface area (Å²) in [4.78, 5) is 23.6. The number of hydrazone groups is 1. The van der Waals surface area contributed by atoms with E-state index in [-0.39, 0.29) is 0 Å². The normalized spacial score (nSPS) is 10.6. The molecular weight excluding hydrogens is 428 g/mol. The fourth-order valence-electron chi connectivity index (χ4n) is 2.38. The lowest BCUT2D eigenvalue weighted by Gasteiger charge is -2.12. The topological polar surface area (TPSA) is 86.2 Å². The first-order valence-corrected chi connectivity index (χ1v) is 9.27. The number of nitrogens with one attached hydrogen (secondary N) is 1. The zero-order chi connectivity index (χ0) is 20.7. The maximum atomic E-state index is 12.3. The van der Waals surface area contributed by atoms with E-state index in [2.05, 4.69) is 26.5 Å². The Balaban J connectivity index is 2.20. The molecule has 0 saturated carbocycles. The zero-order valence-corrected chi connectivity index (χ0v) is 17.6. The lowest BCUT2D eigenvalue weighted by atomic mass is 10.1. The third-order valence-corrected chi connectivity index (χ3v) is 4.15. The van der Waals surface area contributed by atoms with Crippen molar-refractivity contribution in [1.82, 2.24) is 5.43 Å². The molecule has 0 aliphatic rings. The van der Waals surface area contributed by atoms with Crippen LogP contribution in [-0.2, 0) is 4.79 Å². The SMILES string of the molecule is CCOc1cc(/C=N\NC(=O)c2ccc(C)cc2OC)cc(Br)c1OC(C)=O. The van der Waals surface area contributed by atoms with E-state index in [0.29, 0.717) is 39.5 Å². The average molecular weight is 449 g/mol. The smallest absolute Gasteiger partial charge is 0.308 e. The zero-order valence-electron chi connectivity index (χ0n) is 16.0. The molecule has 1 amide bonds. The second-order valence-electron chi connectivity index (χ2n) is 5.76. The van der Waals surface area contributed by atoms with E-state index in [1.807, 2.05) is 19.9 Å². The summed E-state index contributed by atoms with van der Waals surface area (Å²) in [5.41, 5.74) is 4.47. The van der Waals surface area contributed by atoms with Gasteiger partial charge in [-0.2, -0.15) is 5.10 Å². The predicted molar refractivity (Wildman–Crippen MR) is 109 cm³/mol. The Kier molecular flexibility index (Phi) is 7.57. The number of esters is 1. The van der Waals surface area contributed by atoms with Crippen molar-refractivity contribution in [3.05, 3.63) is 51.5 Å². The predicted octanol–water partition coefficient (Wildman–Crippen LogP) is 3.85. The summed E-state index contributed by atoms with van der Waals surface area (Å²) in [6, 6.07) is 8.63. The Labute approximate surface area is 171 Å². The fraction of sp³-hybridized carbons (Fsp3) is 0.250. The van der Waals surface area contributed by atoms with Crippen molar-refractivity contribution in [3.8, 4) is 17.2 Å². The number of aryl methyl sites for hydroxylation is 1. The average Bonchev–Trinajstić information content (AvgIpc) is 2.64. The van der Waals surface area contributed by atoms with E-state index < -0.39 is 11.9 Å². The van der Waals surface area contributed by atoms with E-state index in [9.17, 15) is 9.59 Å². The largest absolute Gasteiger partial charge is 0.496 e. The second kappa shape index (κ2) is 9.89. The van der Waals surface area contributed by atoms with Crippen LogP contribution in [0.5, 0.6) is 17.2 Å². The Morgan fingerprint density at radius 3 is 2.61 bits per heavy atom. The van der Waals surface area contributed by atoms with Crippen LogP contribution in [-0.4, -0.2) is 31.8 Å². The molecule has 1 N–H and O–H groups in total. The molecule has 148 valence electrons. The highest BCUT2D eigenvalue weighted by Gasteiger charge is 2.14. The van der Waals surface area contributed by atoms with E-state index in [0.717, 1.165) is 5.56 Å². The monoisotopic (exact) mass is 448 g/mol. The number of amides is 1. The minimum Gasteiger partial charge on any atom is -0.496 e. The van der Waals surface area contributed by atoms with Crippen molar-refractivity contribution < 1.29 is 23.8 Å². The van der Waals surface area contributed by atoms with Gasteiger partial charge in [0, 0.05) is 6.92 Å². The highest BCUT2D eigenvalue weighted by molar-refractivity contribution is 9.10. The third-order valence-electron chi connectivity index (χ3n) is 3.56. The van der Waals surface area contributed by atoms with E-state index in [1.54, 1.807) is 24.3 Å². The number of rotatable bonds is 7. The molecule has 2 aromatic carbocycles. The number of hydrogen-bond donors (Lipinski definition) is 1. The van der Waals surface area contributed by atoms with Gasteiger partial charge in [-0.05, 0) is 65.2 Å². The number of carbonyl (C=O) groups is 2. The quantitative estimate of drug-likeness (QED) is 0.300. The van der Waals surface area contributed by atoms with Gasteiger partial charge in [0.05, 0.1) is 30.0 Å². The first-order valence-electron chi connectivity index (χ1n) is 8.48. The number of carbonyl (C=O) groups excluding carboxylic acids is 2. The van der Waals surface area contributed by atoms with Gasteiger partial charge in [-0.25, -0.2) is 5.43 Å². The summed E-state index contributed by atoms with van der Waals surface area (Å²) in [7, 11) is 1.51. The number of benzene rings is 2. The summed E-state index contributed by atoms with van der Waals surface area (Å²) in [6.07, 6.45) is 1.46. The summed E-state index contributed by atoms with van der Waals surface area (Å²) < 4.78 is 16.5. The van der Waals surface area contributed by atoms with Crippen molar-refractivity contribution in [1.29, 1.82) is 0 Å². The van der Waals surface area contributed by atoms with E-state index in [4.69, 9.17) is 14.2 Å². The third kappa shape index (κ3) is 5.56. The summed E-state index contributed by atoms with van der Waals surface area (Å²) >= 11 is 3.36. The van der Waals surface area contributed by atoms with Crippen LogP contribution in [0.25, 0.3) is 0 Å². The molecule has 2 rings (SSSR count). The lowest BCUT2D eigenvalue weighted by Crippen LogP contribution is -2.18. The van der Waals surface area contributed by atoms with E-state index >= 15 is 0 Å². The van der Waals surface area contributed by atoms with Gasteiger partial charge in [-0.1, -0.05) is 6.07 Å². The molecule has 0 aliphatic carbocycles. The van der Waals surface area contributed by atoms with Gasteiger partial charge in [0.2, 0.25) is 0 Å². The summed E-state index contributed by atoms with van der Waals surface area (Å²) in [5.74, 6) is 0.302. The molecule has 0 bridgehead atoms. The first kappa shape index (κ1) is 21.4. The molecule has 0 aromatic heterocycles. The lowest BCUT2D eigenvalue weighted by molar-refractivity contribution is -0.132. The maximum Gasteiger partial charge on any atom is 0.308 e. The van der Waals surface area contributed by atoms with Crippen molar-refractivity contribution in [2.75, 3.05) is 13.7 Å². The fourth-order valence-corrected chi connectivity index (χ4v) is 2.92. The van der Waals surface area contributed by atoms with Gasteiger partial charge in [-0.15, -0.1) is 0 Å². The van der Waals surface area contributed by atoms with Crippen LogP contribution >= 0.6 is 15.9 Å². The van der Waals surface area contributed by atoms with Crippen molar-refractivity contribution >= 4 is 34.0 Å². The molecule has 0 saturated heterocycles. The van der Waals surface area contributed by atoms with Crippen molar-refractivity contribution in [2.24, 2.45) is 5.10 Å². The highest BCUT2D eigenvalue weighted by atomic mass is 79.9. The van der Waals surface area contributed by atoms with Crippen LogP contribution in [0.2, 0.25) is 0 Å². The Hall–Kier alpha value is -2.87. The van der Waals surface area contributed by atoms with E-state index in [1.165, 1.54) is 20.2 Å². The van der Waals surface area contributed by atoms with Crippen LogP contribution in [0.3, 0.4) is 0 Å². The van der Waals surface area contributed by atoms with Crippen LogP contribution in [0.15, 0.2) is 39.9 Å². The number of hydrogen-bond acceptors (Lipinski definition) is 6. The highest BCUT2D eigenvalue weighted by Crippen LogP contribution is 2.36. The second-order valence-corrected chi connectivity index (χ2v) is 6.61. The Morgan fingerprint density at radius 1 is 1.21 bits per heavy atom. The van der Waals surface area contributed by atoms with Crippen molar-refractivity contribution in [2.45, 2.75) is 20.8 Å². The van der Waals surface area contributed by atoms with Crippen LogP contribution in [0, 0.1) is 6.92 Å². The molecule has 0 heterocycles. The molecule has 2 aromatic rings. The molecule has 0 fully saturated rings. The van der Waals surface area contributed by atoms with Gasteiger partial charge < -0.3 is 14.2 Å². The molecule has 0 spiro atoms. The minimum absolute atomic E-state index is 0.292. The molecule has 8 heteroatoms. The molecule has 0 unspecified atom stereocenters. The molecule has 7 nitrogen and oxygen atoms in total. The summed E-state index contributed by atoms with van der Waals surface area (Å²) in [6.45, 7) is 5.44. The van der Waals surface area contributed by atoms with Gasteiger partial charge in [0.25, 0.3) is 5.91 Å². The van der Waals surface area contributed by atoms with Crippen molar-refractivity contribution in [3.63, 3.8) is 0 Å².